The summed E-state index contributed by atoms with van der Waals surface area (Å²) in [7, 11) is 0. The zero-order valence-electron chi connectivity index (χ0n) is 34.2. The van der Waals surface area contributed by atoms with Crippen LogP contribution in [-0.2, 0) is 14.3 Å². The molecule has 50 heavy (non-hydrogen) atoms. The average molecular weight is 707 g/mol. The predicted molar refractivity (Wildman–Crippen MR) is 218 cm³/mol. The molecule has 1 N–H and O–H groups in total. The second-order valence-corrected chi connectivity index (χ2v) is 15.9. The van der Waals surface area contributed by atoms with Gasteiger partial charge in [-0.25, -0.2) is 4.79 Å². The van der Waals surface area contributed by atoms with E-state index in [1.165, 1.54) is 212 Å². The summed E-state index contributed by atoms with van der Waals surface area (Å²) < 4.78 is 5.35. The van der Waals surface area contributed by atoms with Gasteiger partial charge in [-0.1, -0.05) is 251 Å². The van der Waals surface area contributed by atoms with Gasteiger partial charge >= 0.3 is 11.9 Å². The summed E-state index contributed by atoms with van der Waals surface area (Å²) in [5.74, 6) is -1.33. The topological polar surface area (TPSA) is 63.6 Å². The van der Waals surface area contributed by atoms with E-state index in [1.54, 1.807) is 0 Å². The molecule has 0 rings (SSSR count). The summed E-state index contributed by atoms with van der Waals surface area (Å²) in [4.78, 5) is 23.9. The summed E-state index contributed by atoms with van der Waals surface area (Å²) in [6.45, 7) is 4.57. The molecule has 0 aliphatic heterocycles. The fourth-order valence-corrected chi connectivity index (χ4v) is 7.38. The van der Waals surface area contributed by atoms with Crippen molar-refractivity contribution in [2.75, 3.05) is 0 Å². The van der Waals surface area contributed by atoms with Crippen molar-refractivity contribution in [1.29, 1.82) is 0 Å². The molecule has 0 aromatic heterocycles. The van der Waals surface area contributed by atoms with Crippen molar-refractivity contribution in [3.8, 4) is 0 Å². The van der Waals surface area contributed by atoms with E-state index in [0.717, 1.165) is 38.5 Å². The molecular weight excluding hydrogens is 617 g/mol. The first kappa shape index (κ1) is 48.9. The number of rotatable bonds is 43. The molecule has 0 saturated carbocycles. The van der Waals surface area contributed by atoms with E-state index in [9.17, 15) is 14.7 Å². The summed E-state index contributed by atoms with van der Waals surface area (Å²) in [6.07, 6.45) is 51.6. The van der Waals surface area contributed by atoms with Crippen LogP contribution in [0, 0.1) is 0 Å². The Morgan fingerprint density at radius 1 is 0.360 bits per heavy atom. The van der Waals surface area contributed by atoms with Crippen LogP contribution in [-0.4, -0.2) is 23.1 Å². The van der Waals surface area contributed by atoms with Crippen LogP contribution in [0.1, 0.15) is 277 Å². The van der Waals surface area contributed by atoms with Crippen LogP contribution in [0.25, 0.3) is 0 Å². The molecule has 0 bridgehead atoms. The molecule has 0 aliphatic carbocycles. The van der Waals surface area contributed by atoms with E-state index in [-0.39, 0.29) is 5.97 Å². The molecule has 1 atom stereocenters. The first-order valence-electron chi connectivity index (χ1n) is 23.0. The van der Waals surface area contributed by atoms with Gasteiger partial charge in [0, 0.05) is 6.42 Å². The van der Waals surface area contributed by atoms with Gasteiger partial charge in [0.2, 0.25) is 0 Å². The zero-order chi connectivity index (χ0) is 36.4. The Labute approximate surface area is 313 Å². The standard InChI is InChI=1S/C46H90O4/c1-3-5-7-9-11-13-15-17-19-21-23-24-25-27-29-31-33-35-37-39-41-43-45(47)50-44(46(48)49)42-40-38-36-34-32-30-28-26-22-20-18-16-14-12-10-8-6-4-2/h44H,3-43H2,1-2H3,(H,48,49). The maximum Gasteiger partial charge on any atom is 0.345 e. The number of carbonyl (C=O) groups excluding carboxylic acids is 1. The highest BCUT2D eigenvalue weighted by molar-refractivity contribution is 5.77. The molecule has 0 spiro atoms. The van der Waals surface area contributed by atoms with E-state index < -0.39 is 12.1 Å². The Morgan fingerprint density at radius 2 is 0.580 bits per heavy atom. The highest BCUT2D eigenvalue weighted by atomic mass is 16.6. The van der Waals surface area contributed by atoms with Crippen molar-refractivity contribution in [1.82, 2.24) is 0 Å². The van der Waals surface area contributed by atoms with Crippen LogP contribution in [0.5, 0.6) is 0 Å². The third-order valence-corrected chi connectivity index (χ3v) is 10.9. The Morgan fingerprint density at radius 3 is 0.820 bits per heavy atom. The maximum atomic E-state index is 12.3. The predicted octanol–water partition coefficient (Wildman–Crippen LogP) is 16.0. The molecular formula is C46H90O4. The molecule has 298 valence electrons. The lowest BCUT2D eigenvalue weighted by molar-refractivity contribution is -0.164. The fraction of sp³-hybridized carbons (Fsp3) is 0.957. The molecule has 4 heteroatoms. The van der Waals surface area contributed by atoms with Gasteiger partial charge in [-0.2, -0.15) is 0 Å². The molecule has 0 aromatic rings. The number of aliphatic carboxylic acids is 1. The number of carboxylic acid groups (broad SMARTS) is 1. The minimum Gasteiger partial charge on any atom is -0.479 e. The van der Waals surface area contributed by atoms with Crippen molar-refractivity contribution >= 4 is 11.9 Å². The fourth-order valence-electron chi connectivity index (χ4n) is 7.38. The van der Waals surface area contributed by atoms with Crippen LogP contribution in [0.15, 0.2) is 0 Å². The number of hydrogen-bond donors (Lipinski definition) is 1. The average Bonchev–Trinajstić information content (AvgIpc) is 3.11. The lowest BCUT2D eigenvalue weighted by Gasteiger charge is -2.13. The van der Waals surface area contributed by atoms with Crippen molar-refractivity contribution in [2.24, 2.45) is 0 Å². The number of carbonyl (C=O) groups is 2. The highest BCUT2D eigenvalue weighted by Crippen LogP contribution is 2.18. The van der Waals surface area contributed by atoms with Crippen LogP contribution in [0.4, 0.5) is 0 Å². The van der Waals surface area contributed by atoms with Crippen LogP contribution < -0.4 is 0 Å². The summed E-state index contributed by atoms with van der Waals surface area (Å²) in [6, 6.07) is 0. The van der Waals surface area contributed by atoms with Crippen molar-refractivity contribution in [3.05, 3.63) is 0 Å². The highest BCUT2D eigenvalue weighted by Gasteiger charge is 2.21. The molecule has 4 nitrogen and oxygen atoms in total. The maximum absolute atomic E-state index is 12.3. The molecule has 0 amide bonds. The first-order valence-corrected chi connectivity index (χ1v) is 23.0. The van der Waals surface area contributed by atoms with Gasteiger partial charge < -0.3 is 9.84 Å². The number of esters is 1. The van der Waals surface area contributed by atoms with Crippen LogP contribution >= 0.6 is 0 Å². The SMILES string of the molecule is CCCCCCCCCCCCCCCCCCCCCCCC(=O)OC(CCCCCCCCCCCCCCCCCCCC)C(=O)O. The Kier molecular flexibility index (Phi) is 41.5. The van der Waals surface area contributed by atoms with E-state index in [1.807, 2.05) is 0 Å². The van der Waals surface area contributed by atoms with Gasteiger partial charge in [-0.05, 0) is 19.3 Å². The number of ether oxygens (including phenoxy) is 1. The normalized spacial score (nSPS) is 12.0. The smallest absolute Gasteiger partial charge is 0.345 e. The van der Waals surface area contributed by atoms with Crippen molar-refractivity contribution < 1.29 is 19.4 Å². The van der Waals surface area contributed by atoms with Crippen molar-refractivity contribution in [3.63, 3.8) is 0 Å². The number of unbranched alkanes of at least 4 members (excludes halogenated alkanes) is 37. The van der Waals surface area contributed by atoms with Gasteiger partial charge in [0.1, 0.15) is 0 Å². The van der Waals surface area contributed by atoms with E-state index in [4.69, 9.17) is 4.74 Å². The lowest BCUT2D eigenvalue weighted by Crippen LogP contribution is -2.27. The lowest BCUT2D eigenvalue weighted by atomic mass is 10.0. The number of carboxylic acids is 1. The zero-order valence-corrected chi connectivity index (χ0v) is 34.2. The molecule has 1 unspecified atom stereocenters. The van der Waals surface area contributed by atoms with Crippen molar-refractivity contribution in [2.45, 2.75) is 283 Å². The van der Waals surface area contributed by atoms with Gasteiger partial charge in [0.05, 0.1) is 0 Å². The first-order chi connectivity index (χ1) is 24.6. The monoisotopic (exact) mass is 707 g/mol. The second-order valence-electron chi connectivity index (χ2n) is 15.9. The van der Waals surface area contributed by atoms with Crippen LogP contribution in [0.3, 0.4) is 0 Å². The molecule has 0 radical (unpaired) electrons. The Balaban J connectivity index is 3.44. The van der Waals surface area contributed by atoms with Gasteiger partial charge in [-0.3, -0.25) is 4.79 Å². The third kappa shape index (κ3) is 39.7. The second kappa shape index (κ2) is 42.4. The molecule has 0 fully saturated rings. The van der Waals surface area contributed by atoms with E-state index >= 15 is 0 Å². The minimum atomic E-state index is -0.996. The third-order valence-electron chi connectivity index (χ3n) is 10.9. The summed E-state index contributed by atoms with van der Waals surface area (Å²) in [5.41, 5.74) is 0. The Hall–Kier alpha value is -1.06. The summed E-state index contributed by atoms with van der Waals surface area (Å²) >= 11 is 0. The van der Waals surface area contributed by atoms with E-state index in [2.05, 4.69) is 13.8 Å². The van der Waals surface area contributed by atoms with E-state index in [0.29, 0.717) is 12.8 Å². The largest absolute Gasteiger partial charge is 0.479 e. The summed E-state index contributed by atoms with van der Waals surface area (Å²) in [5, 5.41) is 9.53. The number of hydrogen-bond acceptors (Lipinski definition) is 3. The molecule has 0 heterocycles. The van der Waals surface area contributed by atoms with Gasteiger partial charge in [-0.15, -0.1) is 0 Å². The quantitative estimate of drug-likeness (QED) is 0.0506. The van der Waals surface area contributed by atoms with Gasteiger partial charge in [0.15, 0.2) is 6.10 Å². The van der Waals surface area contributed by atoms with Crippen LogP contribution in [0.2, 0.25) is 0 Å². The minimum absolute atomic E-state index is 0.336. The molecule has 0 aromatic carbocycles. The molecule has 0 saturated heterocycles. The molecule has 0 aliphatic rings. The Bertz CT molecular complexity index is 677. The van der Waals surface area contributed by atoms with Gasteiger partial charge in [0.25, 0.3) is 0 Å².